The summed E-state index contributed by atoms with van der Waals surface area (Å²) in [5, 5.41) is 0. The Morgan fingerprint density at radius 2 is 1.39 bits per heavy atom. The van der Waals surface area contributed by atoms with Crippen LogP contribution < -0.4 is 0 Å². The molecule has 0 N–H and O–H groups in total. The molecule has 0 aromatic carbocycles. The lowest BCUT2D eigenvalue weighted by molar-refractivity contribution is -0.0418. The molecule has 0 aromatic heterocycles. The Morgan fingerprint density at radius 3 is 1.83 bits per heavy atom. The van der Waals surface area contributed by atoms with Crippen LogP contribution in [0.15, 0.2) is 0 Å². The molecule has 6 aliphatic rings. The Kier molecular flexibility index (Phi) is 2.32. The number of nitrogens with zero attached hydrogens (tertiary/aromatic N) is 1. The molecule has 6 saturated carbocycles. The van der Waals surface area contributed by atoms with Crippen molar-refractivity contribution in [2.75, 3.05) is 13.1 Å². The maximum atomic E-state index is 2.93. The van der Waals surface area contributed by atoms with Crippen molar-refractivity contribution in [1.82, 2.24) is 4.90 Å². The number of halogens is 1. The fourth-order valence-electron chi connectivity index (χ4n) is 8.36. The van der Waals surface area contributed by atoms with Crippen molar-refractivity contribution in [2.45, 2.75) is 45.1 Å². The van der Waals surface area contributed by atoms with Crippen LogP contribution in [0, 0.1) is 41.4 Å². The van der Waals surface area contributed by atoms with E-state index in [4.69, 9.17) is 0 Å². The molecule has 8 bridgehead atoms. The third-order valence-corrected chi connectivity index (χ3v) is 7.94. The highest BCUT2D eigenvalue weighted by Crippen LogP contribution is 2.85. The van der Waals surface area contributed by atoms with Crippen molar-refractivity contribution in [3.63, 3.8) is 0 Å². The molecule has 6 atom stereocenters. The van der Waals surface area contributed by atoms with Crippen LogP contribution >= 0.6 is 12.4 Å². The molecule has 0 amide bonds. The van der Waals surface area contributed by atoms with E-state index in [1.54, 1.807) is 25.7 Å². The van der Waals surface area contributed by atoms with E-state index >= 15 is 0 Å². The second-order valence-corrected chi connectivity index (χ2v) is 7.44. The molecule has 0 radical (unpaired) electrons. The van der Waals surface area contributed by atoms with E-state index in [0.717, 1.165) is 23.3 Å². The minimum Gasteiger partial charge on any atom is -0.297 e. The Labute approximate surface area is 117 Å². The van der Waals surface area contributed by atoms with Crippen molar-refractivity contribution in [1.29, 1.82) is 0 Å². The van der Waals surface area contributed by atoms with E-state index in [2.05, 4.69) is 18.7 Å². The van der Waals surface area contributed by atoms with E-state index in [-0.39, 0.29) is 12.4 Å². The zero-order valence-corrected chi connectivity index (χ0v) is 12.5. The van der Waals surface area contributed by atoms with Crippen molar-refractivity contribution >= 4 is 12.4 Å². The predicted octanol–water partition coefficient (Wildman–Crippen LogP) is 3.43. The van der Waals surface area contributed by atoms with Gasteiger partial charge in [0.1, 0.15) is 0 Å². The third kappa shape index (κ3) is 0.861. The fraction of sp³-hybridized carbons (Fsp3) is 1.00. The van der Waals surface area contributed by atoms with Gasteiger partial charge < -0.3 is 0 Å². The van der Waals surface area contributed by atoms with E-state index in [9.17, 15) is 0 Å². The highest BCUT2D eigenvalue weighted by Gasteiger charge is 2.84. The quantitative estimate of drug-likeness (QED) is 0.757. The lowest BCUT2D eigenvalue weighted by Gasteiger charge is -2.53. The minimum absolute atomic E-state index is 0. The van der Waals surface area contributed by atoms with Crippen LogP contribution in [0.4, 0.5) is 0 Å². The molecule has 6 unspecified atom stereocenters. The van der Waals surface area contributed by atoms with Gasteiger partial charge in [0.2, 0.25) is 0 Å². The van der Waals surface area contributed by atoms with Gasteiger partial charge in [0.15, 0.2) is 0 Å². The second kappa shape index (κ2) is 3.47. The Morgan fingerprint density at radius 1 is 0.889 bits per heavy atom. The first-order chi connectivity index (χ1) is 8.35. The fourth-order valence-corrected chi connectivity index (χ4v) is 8.36. The lowest BCUT2D eigenvalue weighted by Crippen LogP contribution is -2.60. The largest absolute Gasteiger partial charge is 0.297 e. The first-order valence-electron chi connectivity index (χ1n) is 8.10. The van der Waals surface area contributed by atoms with Crippen LogP contribution in [0.2, 0.25) is 0 Å². The van der Waals surface area contributed by atoms with E-state index in [1.165, 1.54) is 36.8 Å². The summed E-state index contributed by atoms with van der Waals surface area (Å²) in [7, 11) is 0. The molecule has 0 aromatic rings. The van der Waals surface area contributed by atoms with Crippen LogP contribution in [0.25, 0.3) is 0 Å². The molecule has 18 heavy (non-hydrogen) atoms. The molecule has 6 rings (SSSR count). The topological polar surface area (TPSA) is 3.24 Å². The Balaban J connectivity index is 0.000000882. The summed E-state index contributed by atoms with van der Waals surface area (Å²) in [4.78, 5) is 2.93. The lowest BCUT2D eigenvalue weighted by atomic mass is 9.64. The average molecular weight is 268 g/mol. The second-order valence-electron chi connectivity index (χ2n) is 7.44. The van der Waals surface area contributed by atoms with E-state index in [0.29, 0.717) is 0 Å². The van der Waals surface area contributed by atoms with Gasteiger partial charge in [-0.25, -0.2) is 0 Å². The first-order valence-corrected chi connectivity index (χ1v) is 8.10. The van der Waals surface area contributed by atoms with Gasteiger partial charge in [0.05, 0.1) is 0 Å². The molecule has 6 aliphatic carbocycles. The van der Waals surface area contributed by atoms with Gasteiger partial charge >= 0.3 is 0 Å². The smallest absolute Gasteiger partial charge is 0.0304 e. The average Bonchev–Trinajstić information content (AvgIpc) is 3.10. The summed E-state index contributed by atoms with van der Waals surface area (Å²) < 4.78 is 0. The van der Waals surface area contributed by atoms with Gasteiger partial charge in [-0.05, 0) is 80.2 Å². The molecule has 0 spiro atoms. The highest BCUT2D eigenvalue weighted by molar-refractivity contribution is 5.85. The standard InChI is InChI=1S/C16H25N.ClH/c1-3-17(4-2)16-11-7-5-9-13(11)14-10(15(9)16)6-8-12(14)16;/h9-15H,3-8H2,1-2H3;1H. The van der Waals surface area contributed by atoms with Crippen molar-refractivity contribution in [2.24, 2.45) is 41.4 Å². The van der Waals surface area contributed by atoms with Crippen LogP contribution in [-0.2, 0) is 0 Å². The molecule has 102 valence electrons. The third-order valence-electron chi connectivity index (χ3n) is 7.94. The number of rotatable bonds is 3. The van der Waals surface area contributed by atoms with Crippen LogP contribution in [0.3, 0.4) is 0 Å². The molecule has 2 heteroatoms. The van der Waals surface area contributed by atoms with Gasteiger partial charge in [-0.2, -0.15) is 0 Å². The van der Waals surface area contributed by atoms with Crippen LogP contribution in [0.5, 0.6) is 0 Å². The number of hydrogen-bond donors (Lipinski definition) is 0. The van der Waals surface area contributed by atoms with Crippen LogP contribution in [-0.4, -0.2) is 23.5 Å². The highest BCUT2D eigenvalue weighted by atomic mass is 35.5. The summed E-state index contributed by atoms with van der Waals surface area (Å²) in [6, 6.07) is 0. The van der Waals surface area contributed by atoms with Crippen LogP contribution in [0.1, 0.15) is 39.5 Å². The monoisotopic (exact) mass is 267 g/mol. The van der Waals surface area contributed by atoms with E-state index < -0.39 is 0 Å². The summed E-state index contributed by atoms with van der Waals surface area (Å²) in [5.74, 6) is 8.14. The van der Waals surface area contributed by atoms with Crippen molar-refractivity contribution in [3.8, 4) is 0 Å². The number of hydrogen-bond acceptors (Lipinski definition) is 1. The normalized spacial score (nSPS) is 61.2. The zero-order valence-electron chi connectivity index (χ0n) is 11.6. The molecule has 0 aliphatic heterocycles. The SMILES string of the molecule is CCN(CC)C12C3CCC4C3C3C(CCC31)C42.Cl. The van der Waals surface area contributed by atoms with Gasteiger partial charge in [-0.3, -0.25) is 4.90 Å². The summed E-state index contributed by atoms with van der Waals surface area (Å²) >= 11 is 0. The maximum Gasteiger partial charge on any atom is 0.0304 e. The molecule has 0 saturated heterocycles. The predicted molar refractivity (Wildman–Crippen MR) is 75.8 cm³/mol. The van der Waals surface area contributed by atoms with Gasteiger partial charge in [0.25, 0.3) is 0 Å². The molecular weight excluding hydrogens is 242 g/mol. The van der Waals surface area contributed by atoms with Gasteiger partial charge in [-0.15, -0.1) is 12.4 Å². The molecule has 1 nitrogen and oxygen atoms in total. The molecule has 0 heterocycles. The van der Waals surface area contributed by atoms with Gasteiger partial charge in [-0.1, -0.05) is 13.8 Å². The van der Waals surface area contributed by atoms with Gasteiger partial charge in [0, 0.05) is 5.54 Å². The zero-order chi connectivity index (χ0) is 11.4. The summed E-state index contributed by atoms with van der Waals surface area (Å²) in [6.45, 7) is 7.42. The Hall–Kier alpha value is 0.250. The first kappa shape index (κ1) is 12.0. The maximum absolute atomic E-state index is 2.93. The molecular formula is C16H26ClN. The summed E-state index contributed by atoms with van der Waals surface area (Å²) in [5.41, 5.74) is 0.727. The summed E-state index contributed by atoms with van der Waals surface area (Å²) in [6.07, 6.45) is 6.37. The minimum atomic E-state index is 0. The Bertz CT molecular complexity index is 351. The molecule has 6 fully saturated rings. The van der Waals surface area contributed by atoms with Crippen molar-refractivity contribution < 1.29 is 0 Å². The van der Waals surface area contributed by atoms with Crippen molar-refractivity contribution in [3.05, 3.63) is 0 Å². The van der Waals surface area contributed by atoms with E-state index in [1.807, 2.05) is 0 Å².